The highest BCUT2D eigenvalue weighted by Crippen LogP contribution is 2.35. The van der Waals surface area contributed by atoms with Gasteiger partial charge in [0.2, 0.25) is 0 Å². The number of hydrogen-bond acceptors (Lipinski definition) is 3. The third kappa shape index (κ3) is 3.98. The lowest BCUT2D eigenvalue weighted by Gasteiger charge is -2.27. The van der Waals surface area contributed by atoms with Crippen LogP contribution in [0.3, 0.4) is 0 Å². The summed E-state index contributed by atoms with van der Waals surface area (Å²) in [7, 11) is 0. The monoisotopic (exact) mass is 288 g/mol. The van der Waals surface area contributed by atoms with Crippen molar-refractivity contribution in [2.75, 3.05) is 31.2 Å². The fourth-order valence-electron chi connectivity index (χ4n) is 3.16. The van der Waals surface area contributed by atoms with E-state index in [1.807, 2.05) is 0 Å². The summed E-state index contributed by atoms with van der Waals surface area (Å²) in [5.41, 5.74) is 2.82. The predicted molar refractivity (Wildman–Crippen MR) is 87.7 cm³/mol. The van der Waals surface area contributed by atoms with Gasteiger partial charge < -0.3 is 15.0 Å². The highest BCUT2D eigenvalue weighted by Gasteiger charge is 2.33. The molecular weight excluding hydrogens is 260 g/mol. The second kappa shape index (κ2) is 7.28. The van der Waals surface area contributed by atoms with E-state index in [-0.39, 0.29) is 0 Å². The van der Waals surface area contributed by atoms with Crippen molar-refractivity contribution in [1.82, 2.24) is 5.32 Å². The van der Waals surface area contributed by atoms with Crippen molar-refractivity contribution in [3.63, 3.8) is 0 Å². The molecule has 116 valence electrons. The standard InChI is InChI=1S/C18H28N2O/c1-2-3-11-21-12-10-20-14-17(15-8-9-15)19-13-16-6-4-5-7-18(16)20/h4-7,15,17,19H,2-3,8-14H2,1H3. The van der Waals surface area contributed by atoms with Crippen molar-refractivity contribution in [2.24, 2.45) is 5.92 Å². The second-order valence-corrected chi connectivity index (χ2v) is 6.37. The van der Waals surface area contributed by atoms with Crippen LogP contribution < -0.4 is 10.2 Å². The fourth-order valence-corrected chi connectivity index (χ4v) is 3.16. The number of ether oxygens (including phenoxy) is 1. The molecule has 1 heterocycles. The lowest BCUT2D eigenvalue weighted by atomic mass is 10.1. The van der Waals surface area contributed by atoms with Crippen LogP contribution in [0.15, 0.2) is 24.3 Å². The molecule has 1 aliphatic heterocycles. The van der Waals surface area contributed by atoms with E-state index in [9.17, 15) is 0 Å². The fraction of sp³-hybridized carbons (Fsp3) is 0.667. The summed E-state index contributed by atoms with van der Waals surface area (Å²) in [6.45, 7) is 7.08. The number of nitrogens with zero attached hydrogens (tertiary/aromatic N) is 1. The van der Waals surface area contributed by atoms with Crippen LogP contribution in [-0.2, 0) is 11.3 Å². The smallest absolute Gasteiger partial charge is 0.0641 e. The highest BCUT2D eigenvalue weighted by molar-refractivity contribution is 5.54. The normalized spacial score (nSPS) is 22.0. The SMILES string of the molecule is CCCCOCCN1CC(C2CC2)NCc2ccccc21. The molecule has 0 bridgehead atoms. The Morgan fingerprint density at radius 2 is 2.10 bits per heavy atom. The molecular formula is C18H28N2O. The zero-order valence-corrected chi connectivity index (χ0v) is 13.2. The summed E-state index contributed by atoms with van der Waals surface area (Å²) in [6.07, 6.45) is 5.17. The maximum Gasteiger partial charge on any atom is 0.0641 e. The Hall–Kier alpha value is -1.06. The molecule has 3 rings (SSSR count). The Labute approximate surface area is 128 Å². The number of para-hydroxylation sites is 1. The molecule has 21 heavy (non-hydrogen) atoms. The largest absolute Gasteiger partial charge is 0.380 e. The van der Waals surface area contributed by atoms with Crippen molar-refractivity contribution in [3.05, 3.63) is 29.8 Å². The van der Waals surface area contributed by atoms with Crippen LogP contribution in [0, 0.1) is 5.92 Å². The van der Waals surface area contributed by atoms with Crippen LogP contribution in [0.4, 0.5) is 5.69 Å². The number of benzene rings is 1. The van der Waals surface area contributed by atoms with E-state index in [2.05, 4.69) is 41.4 Å². The maximum absolute atomic E-state index is 5.78. The van der Waals surface area contributed by atoms with Gasteiger partial charge >= 0.3 is 0 Å². The van der Waals surface area contributed by atoms with Crippen LogP contribution in [-0.4, -0.2) is 32.3 Å². The molecule has 2 aliphatic rings. The number of anilines is 1. The average Bonchev–Trinajstić information content (AvgIpc) is 3.34. The third-order valence-electron chi connectivity index (χ3n) is 4.64. The third-order valence-corrected chi connectivity index (χ3v) is 4.64. The Morgan fingerprint density at radius 3 is 2.90 bits per heavy atom. The summed E-state index contributed by atoms with van der Waals surface area (Å²) in [5, 5.41) is 3.76. The summed E-state index contributed by atoms with van der Waals surface area (Å²) in [5.74, 6) is 0.892. The van der Waals surface area contributed by atoms with Crippen LogP contribution in [0.2, 0.25) is 0 Å². The van der Waals surface area contributed by atoms with Gasteiger partial charge in [-0.25, -0.2) is 0 Å². The molecule has 1 aromatic carbocycles. The van der Waals surface area contributed by atoms with E-state index in [0.29, 0.717) is 6.04 Å². The Morgan fingerprint density at radius 1 is 1.24 bits per heavy atom. The molecule has 1 atom stereocenters. The Kier molecular flexibility index (Phi) is 5.15. The van der Waals surface area contributed by atoms with Gasteiger partial charge in [-0.3, -0.25) is 0 Å². The highest BCUT2D eigenvalue weighted by atomic mass is 16.5. The van der Waals surface area contributed by atoms with Crippen LogP contribution >= 0.6 is 0 Å². The van der Waals surface area contributed by atoms with E-state index in [1.54, 1.807) is 0 Å². The van der Waals surface area contributed by atoms with Gasteiger partial charge in [0.15, 0.2) is 0 Å². The van der Waals surface area contributed by atoms with Gasteiger partial charge in [-0.2, -0.15) is 0 Å². The van der Waals surface area contributed by atoms with E-state index < -0.39 is 0 Å². The quantitative estimate of drug-likeness (QED) is 0.780. The van der Waals surface area contributed by atoms with Crippen molar-refractivity contribution < 1.29 is 4.74 Å². The molecule has 1 aromatic rings. The molecule has 0 saturated heterocycles. The molecule has 0 aromatic heterocycles. The Bertz CT molecular complexity index is 445. The van der Waals surface area contributed by atoms with E-state index in [1.165, 1.54) is 36.9 Å². The van der Waals surface area contributed by atoms with Gasteiger partial charge in [0.1, 0.15) is 0 Å². The number of fused-ring (bicyclic) bond motifs is 1. The first-order valence-electron chi connectivity index (χ1n) is 8.52. The maximum atomic E-state index is 5.78. The number of rotatable bonds is 7. The van der Waals surface area contributed by atoms with Crippen LogP contribution in [0.5, 0.6) is 0 Å². The summed E-state index contributed by atoms with van der Waals surface area (Å²) < 4.78 is 5.78. The molecule has 1 fully saturated rings. The molecule has 0 spiro atoms. The molecule has 1 N–H and O–H groups in total. The summed E-state index contributed by atoms with van der Waals surface area (Å²) in [4.78, 5) is 2.53. The minimum absolute atomic E-state index is 0.646. The zero-order valence-electron chi connectivity index (χ0n) is 13.2. The van der Waals surface area contributed by atoms with Crippen LogP contribution in [0.1, 0.15) is 38.2 Å². The first-order valence-corrected chi connectivity index (χ1v) is 8.52. The lowest BCUT2D eigenvalue weighted by molar-refractivity contribution is 0.137. The molecule has 3 nitrogen and oxygen atoms in total. The Balaban J connectivity index is 1.62. The van der Waals surface area contributed by atoms with Crippen molar-refractivity contribution in [1.29, 1.82) is 0 Å². The van der Waals surface area contributed by atoms with Crippen molar-refractivity contribution >= 4 is 5.69 Å². The first-order chi connectivity index (χ1) is 10.4. The van der Waals surface area contributed by atoms with Gasteiger partial charge in [-0.15, -0.1) is 0 Å². The van der Waals surface area contributed by atoms with E-state index in [4.69, 9.17) is 4.74 Å². The molecule has 3 heteroatoms. The van der Waals surface area contributed by atoms with Crippen molar-refractivity contribution in [3.8, 4) is 0 Å². The van der Waals surface area contributed by atoms with E-state index >= 15 is 0 Å². The summed E-state index contributed by atoms with van der Waals surface area (Å²) in [6, 6.07) is 9.46. The molecule has 1 saturated carbocycles. The molecule has 1 aliphatic carbocycles. The molecule has 0 radical (unpaired) electrons. The molecule has 0 amide bonds. The van der Waals surface area contributed by atoms with Crippen LogP contribution in [0.25, 0.3) is 0 Å². The van der Waals surface area contributed by atoms with Crippen molar-refractivity contribution in [2.45, 2.75) is 45.2 Å². The number of nitrogens with one attached hydrogen (secondary N) is 1. The first kappa shape index (κ1) is 14.9. The zero-order chi connectivity index (χ0) is 14.5. The van der Waals surface area contributed by atoms with Gasteiger partial charge in [0, 0.05) is 38.0 Å². The minimum Gasteiger partial charge on any atom is -0.380 e. The lowest BCUT2D eigenvalue weighted by Crippen LogP contribution is -2.41. The van der Waals surface area contributed by atoms with Gasteiger partial charge in [-0.05, 0) is 36.8 Å². The van der Waals surface area contributed by atoms with Gasteiger partial charge in [0.25, 0.3) is 0 Å². The molecule has 1 unspecified atom stereocenters. The predicted octanol–water partition coefficient (Wildman–Crippen LogP) is 3.19. The van der Waals surface area contributed by atoms with Gasteiger partial charge in [-0.1, -0.05) is 31.5 Å². The van der Waals surface area contributed by atoms with Gasteiger partial charge in [0.05, 0.1) is 6.61 Å². The minimum atomic E-state index is 0.646. The summed E-state index contributed by atoms with van der Waals surface area (Å²) >= 11 is 0. The second-order valence-electron chi connectivity index (χ2n) is 6.37. The average molecular weight is 288 g/mol. The number of unbranched alkanes of at least 4 members (excludes halogenated alkanes) is 1. The van der Waals surface area contributed by atoms with E-state index in [0.717, 1.165) is 38.8 Å². The topological polar surface area (TPSA) is 24.5 Å². The number of hydrogen-bond donors (Lipinski definition) is 1.